The predicted octanol–water partition coefficient (Wildman–Crippen LogP) is 1.85. The summed E-state index contributed by atoms with van der Waals surface area (Å²) < 4.78 is 4.49. The van der Waals surface area contributed by atoms with Crippen molar-refractivity contribution in [1.29, 1.82) is 0 Å². The van der Waals surface area contributed by atoms with Crippen LogP contribution in [0.3, 0.4) is 0 Å². The van der Waals surface area contributed by atoms with Crippen LogP contribution in [0.2, 0.25) is 0 Å². The van der Waals surface area contributed by atoms with Gasteiger partial charge in [0.1, 0.15) is 11.5 Å². The van der Waals surface area contributed by atoms with E-state index in [2.05, 4.69) is 34.6 Å². The van der Waals surface area contributed by atoms with E-state index in [1.165, 1.54) is 0 Å². The van der Waals surface area contributed by atoms with Gasteiger partial charge in [-0.2, -0.15) is 0 Å². The predicted molar refractivity (Wildman–Crippen MR) is 81.8 cm³/mol. The molecule has 2 N–H and O–H groups in total. The fraction of sp³-hybridized carbons (Fsp3) is 0.133. The van der Waals surface area contributed by atoms with E-state index in [1.807, 2.05) is 25.1 Å². The van der Waals surface area contributed by atoms with E-state index in [-0.39, 0.29) is 11.7 Å². The smallest absolute Gasteiger partial charge is 0.340 e. The highest BCUT2D eigenvalue weighted by atomic mass is 16.5. The van der Waals surface area contributed by atoms with Crippen molar-refractivity contribution < 1.29 is 4.52 Å². The van der Waals surface area contributed by atoms with Gasteiger partial charge in [0.25, 0.3) is 0 Å². The molecule has 4 rings (SSSR count). The fourth-order valence-electron chi connectivity index (χ4n) is 2.38. The number of aromatic nitrogens is 6. The van der Waals surface area contributed by atoms with Gasteiger partial charge in [0.15, 0.2) is 0 Å². The average Bonchev–Trinajstić information content (AvgIpc) is 3.20. The number of hydrogen-bond acceptors (Lipinski definition) is 6. The first kappa shape index (κ1) is 13.4. The molecule has 1 unspecified atom stereocenters. The van der Waals surface area contributed by atoms with E-state index >= 15 is 0 Å². The summed E-state index contributed by atoms with van der Waals surface area (Å²) in [4.78, 5) is 30.0. The zero-order chi connectivity index (χ0) is 15.8. The standard InChI is InChI=1S/C15H12N6O2/c1-8(9-4-2-3-5-16-9)13-18-10-6-11(17-7-12(10)19-13)14-20-15(22)23-21-14/h2-8H,1H3,(H,18,19)(H,20,21,22). The first-order valence-electron chi connectivity index (χ1n) is 7.03. The first-order valence-corrected chi connectivity index (χ1v) is 7.03. The van der Waals surface area contributed by atoms with Crippen LogP contribution in [0.1, 0.15) is 24.4 Å². The number of fused-ring (bicyclic) bond motifs is 1. The van der Waals surface area contributed by atoms with Gasteiger partial charge in [0.2, 0.25) is 5.82 Å². The van der Waals surface area contributed by atoms with Crippen molar-refractivity contribution in [2.45, 2.75) is 12.8 Å². The van der Waals surface area contributed by atoms with Crippen molar-refractivity contribution in [2.24, 2.45) is 0 Å². The van der Waals surface area contributed by atoms with Crippen LogP contribution in [0.25, 0.3) is 22.6 Å². The number of hydrogen-bond donors (Lipinski definition) is 2. The number of H-pyrrole nitrogens is 2. The molecule has 0 aliphatic carbocycles. The first-order chi connectivity index (χ1) is 11.2. The molecule has 8 heteroatoms. The van der Waals surface area contributed by atoms with Gasteiger partial charge in [-0.3, -0.25) is 19.5 Å². The van der Waals surface area contributed by atoms with Crippen molar-refractivity contribution in [3.8, 4) is 11.5 Å². The van der Waals surface area contributed by atoms with Crippen LogP contribution in [-0.4, -0.2) is 30.1 Å². The second-order valence-corrected chi connectivity index (χ2v) is 5.13. The van der Waals surface area contributed by atoms with Gasteiger partial charge in [-0.15, -0.1) is 0 Å². The van der Waals surface area contributed by atoms with Crippen molar-refractivity contribution in [1.82, 2.24) is 30.1 Å². The van der Waals surface area contributed by atoms with E-state index < -0.39 is 5.76 Å². The molecular formula is C15H12N6O2. The molecular weight excluding hydrogens is 296 g/mol. The minimum Gasteiger partial charge on any atom is -0.340 e. The van der Waals surface area contributed by atoms with Crippen LogP contribution in [0.5, 0.6) is 0 Å². The topological polar surface area (TPSA) is 113 Å². The molecule has 0 saturated heterocycles. The molecule has 0 saturated carbocycles. The van der Waals surface area contributed by atoms with Crippen LogP contribution in [0.15, 0.2) is 46.0 Å². The summed E-state index contributed by atoms with van der Waals surface area (Å²) in [5, 5.41) is 3.63. The third-order valence-electron chi connectivity index (χ3n) is 3.61. The molecule has 0 spiro atoms. The monoisotopic (exact) mass is 308 g/mol. The largest absolute Gasteiger partial charge is 0.439 e. The van der Waals surface area contributed by atoms with Crippen molar-refractivity contribution in [2.75, 3.05) is 0 Å². The lowest BCUT2D eigenvalue weighted by molar-refractivity contribution is 0.388. The van der Waals surface area contributed by atoms with Crippen LogP contribution < -0.4 is 5.76 Å². The highest BCUT2D eigenvalue weighted by Gasteiger charge is 2.15. The highest BCUT2D eigenvalue weighted by molar-refractivity contribution is 5.78. The Morgan fingerprint density at radius 2 is 2.13 bits per heavy atom. The lowest BCUT2D eigenvalue weighted by Gasteiger charge is -2.06. The van der Waals surface area contributed by atoms with Gasteiger partial charge >= 0.3 is 5.76 Å². The van der Waals surface area contributed by atoms with Gasteiger partial charge in [-0.1, -0.05) is 11.2 Å². The minimum absolute atomic E-state index is 0.0268. The molecule has 1 atom stereocenters. The summed E-state index contributed by atoms with van der Waals surface area (Å²) in [5.41, 5.74) is 2.96. The molecule has 0 aliphatic rings. The number of nitrogens with zero attached hydrogens (tertiary/aromatic N) is 4. The Kier molecular flexibility index (Phi) is 3.00. The van der Waals surface area contributed by atoms with Gasteiger partial charge in [-0.25, -0.2) is 9.78 Å². The molecule has 0 radical (unpaired) electrons. The summed E-state index contributed by atoms with van der Waals surface area (Å²) in [6.07, 6.45) is 3.41. The summed E-state index contributed by atoms with van der Waals surface area (Å²) in [6.45, 7) is 2.03. The van der Waals surface area contributed by atoms with Crippen LogP contribution in [0.4, 0.5) is 0 Å². The number of imidazole rings is 1. The Hall–Kier alpha value is -3.29. The van der Waals surface area contributed by atoms with Gasteiger partial charge in [-0.05, 0) is 25.1 Å². The summed E-state index contributed by atoms with van der Waals surface area (Å²) in [7, 11) is 0. The van der Waals surface area contributed by atoms with Gasteiger partial charge in [0, 0.05) is 6.20 Å². The zero-order valence-electron chi connectivity index (χ0n) is 12.1. The van der Waals surface area contributed by atoms with E-state index in [1.54, 1.807) is 18.5 Å². The molecule has 0 aromatic carbocycles. The van der Waals surface area contributed by atoms with Crippen LogP contribution >= 0.6 is 0 Å². The van der Waals surface area contributed by atoms with Crippen molar-refractivity contribution >= 4 is 11.0 Å². The van der Waals surface area contributed by atoms with Crippen molar-refractivity contribution in [3.05, 3.63) is 58.7 Å². The molecule has 4 heterocycles. The Bertz CT molecular complexity index is 1020. The molecule has 114 valence electrons. The Morgan fingerprint density at radius 3 is 2.87 bits per heavy atom. The van der Waals surface area contributed by atoms with E-state index in [0.29, 0.717) is 5.69 Å². The maximum atomic E-state index is 11.0. The van der Waals surface area contributed by atoms with E-state index in [0.717, 1.165) is 22.6 Å². The van der Waals surface area contributed by atoms with E-state index in [9.17, 15) is 4.79 Å². The second kappa shape index (κ2) is 5.16. The Labute approximate surface area is 129 Å². The molecule has 4 aromatic heterocycles. The van der Waals surface area contributed by atoms with E-state index in [4.69, 9.17) is 0 Å². The Morgan fingerprint density at radius 1 is 1.22 bits per heavy atom. The van der Waals surface area contributed by atoms with Crippen LogP contribution in [0, 0.1) is 0 Å². The average molecular weight is 308 g/mol. The minimum atomic E-state index is -0.617. The molecule has 23 heavy (non-hydrogen) atoms. The van der Waals surface area contributed by atoms with Gasteiger partial charge < -0.3 is 4.98 Å². The summed E-state index contributed by atoms with van der Waals surface area (Å²) >= 11 is 0. The third-order valence-corrected chi connectivity index (χ3v) is 3.61. The zero-order valence-corrected chi connectivity index (χ0v) is 12.1. The Balaban J connectivity index is 1.75. The molecule has 0 fully saturated rings. The molecule has 0 bridgehead atoms. The molecule has 0 aliphatic heterocycles. The van der Waals surface area contributed by atoms with Crippen LogP contribution in [-0.2, 0) is 0 Å². The number of rotatable bonds is 3. The van der Waals surface area contributed by atoms with Gasteiger partial charge in [0.05, 0.1) is 28.8 Å². The lowest BCUT2D eigenvalue weighted by Crippen LogP contribution is -2.00. The maximum absolute atomic E-state index is 11.0. The fourth-order valence-corrected chi connectivity index (χ4v) is 2.38. The van der Waals surface area contributed by atoms with Crippen molar-refractivity contribution in [3.63, 3.8) is 0 Å². The summed E-state index contributed by atoms with van der Waals surface area (Å²) in [6, 6.07) is 7.53. The SMILES string of the molecule is CC(c1ccccn1)c1nc2cc(-c3noc(=O)[nH]3)ncc2[nH]1. The third kappa shape index (κ3) is 2.39. The quantitative estimate of drug-likeness (QED) is 0.597. The number of pyridine rings is 2. The second-order valence-electron chi connectivity index (χ2n) is 5.13. The summed E-state index contributed by atoms with van der Waals surface area (Å²) in [5.74, 6) is 0.484. The number of aromatic amines is 2. The lowest BCUT2D eigenvalue weighted by atomic mass is 10.1. The highest BCUT2D eigenvalue weighted by Crippen LogP contribution is 2.23. The molecule has 4 aromatic rings. The molecule has 8 nitrogen and oxygen atoms in total. The normalized spacial score (nSPS) is 12.6. The molecule has 0 amide bonds. The maximum Gasteiger partial charge on any atom is 0.439 e. The number of nitrogens with one attached hydrogen (secondary N) is 2.